The molecule has 2 amide bonds. The van der Waals surface area contributed by atoms with Gasteiger partial charge in [-0.15, -0.1) is 18.3 Å². The number of anilines is 1. The van der Waals surface area contributed by atoms with Crippen molar-refractivity contribution in [1.29, 1.82) is 0 Å². The lowest BCUT2D eigenvalue weighted by Crippen LogP contribution is -2.29. The number of aromatic nitrogens is 3. The van der Waals surface area contributed by atoms with Gasteiger partial charge in [-0.2, -0.15) is 4.99 Å². The number of carbonyl (C=O) groups is 1. The predicted molar refractivity (Wildman–Crippen MR) is 177 cm³/mol. The summed E-state index contributed by atoms with van der Waals surface area (Å²) in [5.41, 5.74) is 6.20. The molecule has 1 saturated heterocycles. The van der Waals surface area contributed by atoms with Crippen LogP contribution in [0.5, 0.6) is 5.75 Å². The van der Waals surface area contributed by atoms with E-state index in [1.807, 2.05) is 24.3 Å². The van der Waals surface area contributed by atoms with Gasteiger partial charge in [-0.05, 0) is 78.6 Å². The van der Waals surface area contributed by atoms with E-state index in [2.05, 4.69) is 75.9 Å². The van der Waals surface area contributed by atoms with Crippen molar-refractivity contribution in [2.24, 2.45) is 10.9 Å². The number of halogens is 3. The van der Waals surface area contributed by atoms with E-state index >= 15 is 0 Å². The van der Waals surface area contributed by atoms with Crippen LogP contribution in [0, 0.1) is 12.8 Å². The van der Waals surface area contributed by atoms with Gasteiger partial charge in [0.15, 0.2) is 11.0 Å². The molecular formula is C34H37F3N6O2S. The van der Waals surface area contributed by atoms with Crippen molar-refractivity contribution in [2.45, 2.75) is 52.8 Å². The van der Waals surface area contributed by atoms with Crippen LogP contribution < -0.4 is 15.0 Å². The van der Waals surface area contributed by atoms with Crippen molar-refractivity contribution in [3.8, 4) is 22.8 Å². The molecule has 242 valence electrons. The van der Waals surface area contributed by atoms with Crippen molar-refractivity contribution >= 4 is 28.6 Å². The van der Waals surface area contributed by atoms with Crippen LogP contribution in [0.2, 0.25) is 0 Å². The second kappa shape index (κ2) is 14.4. The summed E-state index contributed by atoms with van der Waals surface area (Å²) in [7, 11) is 0. The first-order chi connectivity index (χ1) is 22.0. The first kappa shape index (κ1) is 33.1. The van der Waals surface area contributed by atoms with Gasteiger partial charge in [-0.25, -0.2) is 14.5 Å². The Balaban J connectivity index is 1.11. The highest BCUT2D eigenvalue weighted by Gasteiger charge is 2.31. The van der Waals surface area contributed by atoms with Gasteiger partial charge in [0.1, 0.15) is 12.1 Å². The summed E-state index contributed by atoms with van der Waals surface area (Å²) in [5, 5.41) is 8.17. The molecule has 0 bridgehead atoms. The number of amidine groups is 1. The van der Waals surface area contributed by atoms with E-state index < -0.39 is 6.36 Å². The van der Waals surface area contributed by atoms with E-state index in [0.29, 0.717) is 29.9 Å². The maximum atomic E-state index is 12.7. The third-order valence-electron chi connectivity index (χ3n) is 7.68. The first-order valence-corrected chi connectivity index (χ1v) is 16.2. The highest BCUT2D eigenvalue weighted by Crippen LogP contribution is 2.34. The molecule has 2 heterocycles. The van der Waals surface area contributed by atoms with Gasteiger partial charge in [0.2, 0.25) is 0 Å². The molecule has 1 unspecified atom stereocenters. The Bertz CT molecular complexity index is 1670. The number of carbonyl (C=O) groups excluding carboxylic acids is 1. The first-order valence-electron chi connectivity index (χ1n) is 15.2. The number of thioether (sulfide) groups is 1. The molecule has 3 aromatic carbocycles. The number of amides is 2. The second-order valence-corrected chi connectivity index (χ2v) is 12.7. The molecule has 8 nitrogen and oxygen atoms in total. The van der Waals surface area contributed by atoms with Crippen molar-refractivity contribution < 1.29 is 22.7 Å². The zero-order chi connectivity index (χ0) is 32.8. The fourth-order valence-corrected chi connectivity index (χ4v) is 6.49. The summed E-state index contributed by atoms with van der Waals surface area (Å²) in [5.74, 6) is 1.80. The Labute approximate surface area is 271 Å². The molecule has 0 spiro atoms. The zero-order valence-electron chi connectivity index (χ0n) is 26.2. The van der Waals surface area contributed by atoms with Gasteiger partial charge in [0, 0.05) is 30.1 Å². The average molecular weight is 651 g/mol. The Kier molecular flexibility index (Phi) is 10.4. The SMILES string of the molecule is Cc1cccc(N2CCS/C2=N\C(=O)NCCC(C)Cc2ccc(-c3ncn(-c4ccc(OC(F)(F)F)cc4)n3)cc2)c1C(C)C. The molecule has 0 aliphatic carbocycles. The quantitative estimate of drug-likeness (QED) is 0.187. The van der Waals surface area contributed by atoms with E-state index in [4.69, 9.17) is 0 Å². The maximum absolute atomic E-state index is 12.7. The molecule has 1 aromatic heterocycles. The lowest BCUT2D eigenvalue weighted by molar-refractivity contribution is -0.274. The number of nitrogens with one attached hydrogen (secondary N) is 1. The molecule has 4 aromatic rings. The van der Waals surface area contributed by atoms with Gasteiger partial charge in [0.05, 0.1) is 5.69 Å². The number of aliphatic imine (C=N–C) groups is 1. The van der Waals surface area contributed by atoms with Crippen LogP contribution in [0.15, 0.2) is 78.0 Å². The highest BCUT2D eigenvalue weighted by molar-refractivity contribution is 8.14. The van der Waals surface area contributed by atoms with Crippen LogP contribution in [0.3, 0.4) is 0 Å². The molecule has 5 rings (SSSR count). The highest BCUT2D eigenvalue weighted by atomic mass is 32.2. The molecule has 0 radical (unpaired) electrons. The number of hydrogen-bond acceptors (Lipinski definition) is 5. The number of alkyl halides is 3. The third-order valence-corrected chi connectivity index (χ3v) is 8.64. The number of aryl methyl sites for hydroxylation is 1. The number of ether oxygens (including phenoxy) is 1. The maximum Gasteiger partial charge on any atom is 0.573 e. The zero-order valence-corrected chi connectivity index (χ0v) is 27.0. The monoisotopic (exact) mass is 650 g/mol. The number of rotatable bonds is 10. The lowest BCUT2D eigenvalue weighted by atomic mass is 9.95. The van der Waals surface area contributed by atoms with Crippen molar-refractivity contribution in [1.82, 2.24) is 20.1 Å². The Morgan fingerprint density at radius 3 is 2.50 bits per heavy atom. The third kappa shape index (κ3) is 8.48. The molecule has 1 aliphatic heterocycles. The fourth-order valence-electron chi connectivity index (χ4n) is 5.54. The lowest BCUT2D eigenvalue weighted by Gasteiger charge is -2.24. The number of urea groups is 1. The number of benzene rings is 3. The summed E-state index contributed by atoms with van der Waals surface area (Å²) >= 11 is 1.61. The van der Waals surface area contributed by atoms with Gasteiger partial charge < -0.3 is 15.0 Å². The van der Waals surface area contributed by atoms with Crippen LogP contribution in [0.25, 0.3) is 17.1 Å². The molecule has 46 heavy (non-hydrogen) atoms. The minimum Gasteiger partial charge on any atom is -0.406 e. The molecule has 1 N–H and O–H groups in total. The van der Waals surface area contributed by atoms with Gasteiger partial charge in [-0.1, -0.05) is 68.9 Å². The predicted octanol–water partition coefficient (Wildman–Crippen LogP) is 8.15. The van der Waals surface area contributed by atoms with E-state index in [-0.39, 0.29) is 11.8 Å². The minimum atomic E-state index is -4.74. The fraction of sp³-hybridized carbons (Fsp3) is 0.353. The van der Waals surface area contributed by atoms with Crippen LogP contribution >= 0.6 is 11.8 Å². The Morgan fingerprint density at radius 1 is 1.07 bits per heavy atom. The molecule has 1 aliphatic rings. The van der Waals surface area contributed by atoms with Crippen molar-refractivity contribution in [2.75, 3.05) is 23.7 Å². The second-order valence-electron chi connectivity index (χ2n) is 11.6. The summed E-state index contributed by atoms with van der Waals surface area (Å²) in [6.45, 7) is 10.0. The Hall–Kier alpha value is -4.32. The van der Waals surface area contributed by atoms with E-state index in [1.54, 1.807) is 11.8 Å². The van der Waals surface area contributed by atoms with Gasteiger partial charge in [-0.3, -0.25) is 0 Å². The summed E-state index contributed by atoms with van der Waals surface area (Å²) < 4.78 is 42.7. The topological polar surface area (TPSA) is 84.6 Å². The normalized spacial score (nSPS) is 15.0. The average Bonchev–Trinajstić information content (AvgIpc) is 3.67. The number of hydrogen-bond donors (Lipinski definition) is 1. The molecule has 12 heteroatoms. The van der Waals surface area contributed by atoms with Crippen molar-refractivity contribution in [3.63, 3.8) is 0 Å². The van der Waals surface area contributed by atoms with Gasteiger partial charge in [0.25, 0.3) is 0 Å². The molecule has 1 atom stereocenters. The number of nitrogens with zero attached hydrogens (tertiary/aromatic N) is 5. The summed E-state index contributed by atoms with van der Waals surface area (Å²) in [6.07, 6.45) is -1.58. The summed E-state index contributed by atoms with van der Waals surface area (Å²) in [4.78, 5) is 23.7. The van der Waals surface area contributed by atoms with Crippen LogP contribution in [0.1, 0.15) is 49.8 Å². The van der Waals surface area contributed by atoms with E-state index in [9.17, 15) is 18.0 Å². The standard InChI is InChI=1S/C34H37F3N6O2S/c1-22(2)30-24(4)6-5-7-29(30)42-18-19-46-33(42)40-32(44)38-17-16-23(3)20-25-8-10-26(11-9-25)31-39-21-43(41-31)27-12-14-28(15-13-27)45-34(35,36)37/h5-15,21-23H,16-20H2,1-4H3,(H,38,44)/b40-33-. The van der Waals surface area contributed by atoms with Crippen LogP contribution in [-0.2, 0) is 6.42 Å². The van der Waals surface area contributed by atoms with Crippen LogP contribution in [-0.4, -0.2) is 51.2 Å². The molecule has 0 saturated carbocycles. The van der Waals surface area contributed by atoms with E-state index in [0.717, 1.165) is 47.1 Å². The smallest absolute Gasteiger partial charge is 0.406 e. The van der Waals surface area contributed by atoms with Crippen molar-refractivity contribution in [3.05, 3.63) is 89.7 Å². The Morgan fingerprint density at radius 2 is 1.80 bits per heavy atom. The molecule has 1 fully saturated rings. The van der Waals surface area contributed by atoms with Gasteiger partial charge >= 0.3 is 12.4 Å². The van der Waals surface area contributed by atoms with Crippen LogP contribution in [0.4, 0.5) is 23.7 Å². The summed E-state index contributed by atoms with van der Waals surface area (Å²) in [6, 6.07) is 19.4. The minimum absolute atomic E-state index is 0.300. The largest absolute Gasteiger partial charge is 0.573 e. The molecular weight excluding hydrogens is 613 g/mol. The van der Waals surface area contributed by atoms with E-state index in [1.165, 1.54) is 46.4 Å².